The molecule has 0 saturated carbocycles. The lowest BCUT2D eigenvalue weighted by Crippen LogP contribution is -2.39. The van der Waals surface area contributed by atoms with E-state index >= 15 is 0 Å². The normalized spacial score (nSPS) is 15.5. The number of non-ortho nitro benzene ring substituents is 1. The van der Waals surface area contributed by atoms with Crippen LogP contribution in [0, 0.1) is 10.1 Å². The van der Waals surface area contributed by atoms with Gasteiger partial charge in [0, 0.05) is 50.7 Å². The van der Waals surface area contributed by atoms with Gasteiger partial charge in [0.05, 0.1) is 40.9 Å². The number of carbonyl (C=O) groups excluding carboxylic acids is 2. The first-order valence-corrected chi connectivity index (χ1v) is 14.6. The van der Waals surface area contributed by atoms with Crippen LogP contribution in [0.2, 0.25) is 0 Å². The molecule has 0 spiro atoms. The average molecular weight is 644 g/mol. The molecule has 1 aliphatic rings. The molecule has 0 radical (unpaired) electrons. The second-order valence-corrected chi connectivity index (χ2v) is 10.5. The minimum absolute atomic E-state index is 0.0221. The van der Waals surface area contributed by atoms with Crippen LogP contribution < -0.4 is 20.1 Å². The van der Waals surface area contributed by atoms with E-state index < -0.39 is 41.3 Å². The Bertz CT molecular complexity index is 1420. The maximum Gasteiger partial charge on any atom is 0.337 e. The topological polar surface area (TPSA) is 177 Å². The number of aliphatic hydroxyl groups is 1. The Morgan fingerprint density at radius 1 is 1.02 bits per heavy atom. The highest BCUT2D eigenvalue weighted by Crippen LogP contribution is 2.45. The SMILES string of the molecule is COC(=O)C1=C(C(OC)OC)NC(C)=C(C(=O)OC(C)C)C1c1cc([N+](=O)[O-])ccc1OCCNCC(O)COc1ccccc1. The summed E-state index contributed by atoms with van der Waals surface area (Å²) in [5.74, 6) is -2.01. The Morgan fingerprint density at radius 2 is 1.72 bits per heavy atom. The van der Waals surface area contributed by atoms with E-state index in [1.54, 1.807) is 32.9 Å². The number of nitro groups is 1. The fraction of sp³-hybridized carbons (Fsp3) is 0.438. The number of methoxy groups -OCH3 is 3. The van der Waals surface area contributed by atoms with E-state index in [0.29, 0.717) is 11.4 Å². The molecule has 14 nitrogen and oxygen atoms in total. The van der Waals surface area contributed by atoms with Crippen LogP contribution in [0.3, 0.4) is 0 Å². The fourth-order valence-corrected chi connectivity index (χ4v) is 4.84. The van der Waals surface area contributed by atoms with Gasteiger partial charge in [-0.2, -0.15) is 0 Å². The number of nitrogens with zero attached hydrogens (tertiary/aromatic N) is 1. The third-order valence-electron chi connectivity index (χ3n) is 6.84. The predicted octanol–water partition coefficient (Wildman–Crippen LogP) is 2.96. The van der Waals surface area contributed by atoms with Crippen LogP contribution in [-0.4, -0.2) is 88.1 Å². The number of rotatable bonds is 17. The molecule has 0 fully saturated rings. The number of aliphatic hydroxyl groups excluding tert-OH is 1. The molecule has 0 amide bonds. The van der Waals surface area contributed by atoms with Gasteiger partial charge in [-0.05, 0) is 39.0 Å². The van der Waals surface area contributed by atoms with Crippen molar-refractivity contribution >= 4 is 17.6 Å². The molecular formula is C32H41N3O11. The molecule has 0 bridgehead atoms. The van der Waals surface area contributed by atoms with Crippen molar-refractivity contribution in [2.75, 3.05) is 47.6 Å². The molecule has 3 rings (SSSR count). The van der Waals surface area contributed by atoms with Crippen molar-refractivity contribution in [1.82, 2.24) is 10.6 Å². The van der Waals surface area contributed by atoms with Crippen molar-refractivity contribution < 1.29 is 48.0 Å². The van der Waals surface area contributed by atoms with E-state index in [1.165, 1.54) is 39.5 Å². The highest BCUT2D eigenvalue weighted by molar-refractivity contribution is 6.00. The quantitative estimate of drug-likeness (QED) is 0.0755. The van der Waals surface area contributed by atoms with Crippen LogP contribution in [0.15, 0.2) is 71.1 Å². The minimum atomic E-state index is -1.23. The molecule has 2 aromatic carbocycles. The third-order valence-corrected chi connectivity index (χ3v) is 6.84. The molecule has 0 saturated heterocycles. The molecule has 0 aromatic heterocycles. The van der Waals surface area contributed by atoms with Gasteiger partial charge in [-0.3, -0.25) is 10.1 Å². The van der Waals surface area contributed by atoms with Crippen LogP contribution >= 0.6 is 0 Å². The highest BCUT2D eigenvalue weighted by atomic mass is 16.7. The lowest BCUT2D eigenvalue weighted by Gasteiger charge is -2.34. The van der Waals surface area contributed by atoms with Gasteiger partial charge >= 0.3 is 11.9 Å². The molecule has 0 aliphatic carbocycles. The summed E-state index contributed by atoms with van der Waals surface area (Å²) < 4.78 is 33.1. The Kier molecular flexibility index (Phi) is 13.5. The summed E-state index contributed by atoms with van der Waals surface area (Å²) in [5.41, 5.74) is 0.243. The van der Waals surface area contributed by atoms with Crippen LogP contribution in [0.1, 0.15) is 32.3 Å². The summed E-state index contributed by atoms with van der Waals surface area (Å²) in [6.07, 6.45) is -2.39. The van der Waals surface area contributed by atoms with Crippen molar-refractivity contribution in [1.29, 1.82) is 0 Å². The smallest absolute Gasteiger partial charge is 0.337 e. The Labute approximate surface area is 267 Å². The standard InChI is InChI=1S/C32H41N3O11/c1-19(2)46-31(38)26-20(3)34-29(32(42-5)43-6)28(30(37)41-4)27(26)24-16-21(35(39)40)12-13-25(24)44-15-14-33-17-22(36)18-45-23-10-8-7-9-11-23/h7-13,16,19,22,27,32-34,36H,14-15,17-18H2,1-6H3. The van der Waals surface area contributed by atoms with Crippen LogP contribution in [0.5, 0.6) is 11.5 Å². The van der Waals surface area contributed by atoms with Crippen molar-refractivity contribution in [2.45, 2.75) is 45.2 Å². The van der Waals surface area contributed by atoms with E-state index in [2.05, 4.69) is 10.6 Å². The molecule has 46 heavy (non-hydrogen) atoms. The van der Waals surface area contributed by atoms with Crippen molar-refractivity contribution in [3.05, 3.63) is 86.7 Å². The number of nitro benzene ring substituents is 1. The van der Waals surface area contributed by atoms with Crippen molar-refractivity contribution in [3.8, 4) is 11.5 Å². The van der Waals surface area contributed by atoms with E-state index in [9.17, 15) is 24.8 Å². The summed E-state index contributed by atoms with van der Waals surface area (Å²) in [6.45, 7) is 5.59. The number of hydrogen-bond donors (Lipinski definition) is 3. The van der Waals surface area contributed by atoms with E-state index in [0.717, 1.165) is 0 Å². The Hall–Kier alpha value is -4.50. The van der Waals surface area contributed by atoms with E-state index in [1.807, 2.05) is 18.2 Å². The first-order chi connectivity index (χ1) is 22.0. The number of nitrogens with one attached hydrogen (secondary N) is 2. The molecule has 250 valence electrons. The number of para-hydroxylation sites is 1. The molecule has 1 heterocycles. The maximum absolute atomic E-state index is 13.5. The number of dihydropyridines is 1. The van der Waals surface area contributed by atoms with E-state index in [-0.39, 0.29) is 60.1 Å². The number of carbonyl (C=O) groups is 2. The molecule has 3 N–H and O–H groups in total. The zero-order chi connectivity index (χ0) is 33.8. The first kappa shape index (κ1) is 36.0. The molecule has 2 aromatic rings. The molecule has 14 heteroatoms. The number of esters is 2. The predicted molar refractivity (Wildman–Crippen MR) is 166 cm³/mol. The first-order valence-electron chi connectivity index (χ1n) is 14.6. The number of allylic oxidation sites excluding steroid dienone is 1. The zero-order valence-electron chi connectivity index (χ0n) is 26.7. The van der Waals surface area contributed by atoms with Gasteiger partial charge in [-0.1, -0.05) is 18.2 Å². The van der Waals surface area contributed by atoms with Crippen LogP contribution in [0.25, 0.3) is 0 Å². The van der Waals surface area contributed by atoms with Gasteiger partial charge in [0.2, 0.25) is 0 Å². The summed E-state index contributed by atoms with van der Waals surface area (Å²) in [4.78, 5) is 38.2. The average Bonchev–Trinajstić information content (AvgIpc) is 3.03. The summed E-state index contributed by atoms with van der Waals surface area (Å²) in [6, 6.07) is 13.0. The number of hydrogen-bond acceptors (Lipinski definition) is 13. The second kappa shape index (κ2) is 17.3. The monoisotopic (exact) mass is 643 g/mol. The van der Waals surface area contributed by atoms with E-state index in [4.69, 9.17) is 28.4 Å². The van der Waals surface area contributed by atoms with Gasteiger partial charge in [-0.25, -0.2) is 9.59 Å². The minimum Gasteiger partial charge on any atom is -0.492 e. The molecule has 2 unspecified atom stereocenters. The largest absolute Gasteiger partial charge is 0.492 e. The summed E-state index contributed by atoms with van der Waals surface area (Å²) >= 11 is 0. The second-order valence-electron chi connectivity index (χ2n) is 10.5. The molecule has 1 aliphatic heterocycles. The third kappa shape index (κ3) is 9.26. The van der Waals surface area contributed by atoms with Gasteiger partial charge in [-0.15, -0.1) is 0 Å². The lowest BCUT2D eigenvalue weighted by molar-refractivity contribution is -0.384. The number of ether oxygens (including phenoxy) is 6. The summed E-state index contributed by atoms with van der Waals surface area (Å²) in [5, 5.41) is 28.3. The zero-order valence-corrected chi connectivity index (χ0v) is 26.7. The summed E-state index contributed by atoms with van der Waals surface area (Å²) in [7, 11) is 3.91. The van der Waals surface area contributed by atoms with Crippen molar-refractivity contribution in [3.63, 3.8) is 0 Å². The van der Waals surface area contributed by atoms with Crippen LogP contribution in [-0.2, 0) is 28.5 Å². The molecule has 2 atom stereocenters. The molecular weight excluding hydrogens is 602 g/mol. The van der Waals surface area contributed by atoms with Gasteiger partial charge < -0.3 is 44.2 Å². The Balaban J connectivity index is 1.96. The number of benzene rings is 2. The van der Waals surface area contributed by atoms with Gasteiger partial charge in [0.15, 0.2) is 6.29 Å². The van der Waals surface area contributed by atoms with Gasteiger partial charge in [0.25, 0.3) is 5.69 Å². The Morgan fingerprint density at radius 3 is 2.33 bits per heavy atom. The van der Waals surface area contributed by atoms with Crippen LogP contribution in [0.4, 0.5) is 5.69 Å². The fourth-order valence-electron chi connectivity index (χ4n) is 4.84. The van der Waals surface area contributed by atoms with Gasteiger partial charge in [0.1, 0.15) is 30.8 Å². The maximum atomic E-state index is 13.5. The highest BCUT2D eigenvalue weighted by Gasteiger charge is 2.43. The van der Waals surface area contributed by atoms with Crippen molar-refractivity contribution in [2.24, 2.45) is 0 Å². The lowest BCUT2D eigenvalue weighted by atomic mass is 9.79.